The lowest BCUT2D eigenvalue weighted by atomic mass is 10.1. The van der Waals surface area contributed by atoms with E-state index in [2.05, 4.69) is 0 Å². The molecule has 4 nitrogen and oxygen atoms in total. The summed E-state index contributed by atoms with van der Waals surface area (Å²) in [6, 6.07) is 7.30. The maximum Gasteiger partial charge on any atom is 0.156 e. The Balaban J connectivity index is 2.41. The van der Waals surface area contributed by atoms with Gasteiger partial charge in [-0.3, -0.25) is 0 Å². The Hall–Kier alpha value is -1.45. The average Bonchev–Trinajstić information content (AvgIpc) is 2.98. The highest BCUT2D eigenvalue weighted by molar-refractivity contribution is 7.92. The summed E-state index contributed by atoms with van der Waals surface area (Å²) in [5.41, 5.74) is 5.02. The van der Waals surface area contributed by atoms with Crippen LogP contribution in [-0.2, 0) is 9.84 Å². The van der Waals surface area contributed by atoms with E-state index in [1.807, 2.05) is 6.07 Å². The van der Waals surface area contributed by atoms with E-state index in [1.54, 1.807) is 0 Å². The van der Waals surface area contributed by atoms with E-state index in [1.165, 1.54) is 31.2 Å². The second-order valence-corrected chi connectivity index (χ2v) is 6.86. The number of nitriles is 1. The predicted molar refractivity (Wildman–Crippen MR) is 64.9 cm³/mol. The van der Waals surface area contributed by atoms with Crippen molar-refractivity contribution in [2.75, 3.05) is 5.75 Å². The number of hydrogen-bond acceptors (Lipinski definition) is 4. The van der Waals surface area contributed by atoms with Crippen LogP contribution in [0.3, 0.4) is 0 Å². The van der Waals surface area contributed by atoms with Crippen LogP contribution in [0.5, 0.6) is 0 Å². The van der Waals surface area contributed by atoms with Gasteiger partial charge in [0.15, 0.2) is 9.84 Å². The molecular weight excluding hydrogens is 255 g/mol. The average molecular weight is 268 g/mol. The number of halogens is 1. The third-order valence-corrected chi connectivity index (χ3v) is 5.63. The van der Waals surface area contributed by atoms with Gasteiger partial charge in [-0.1, -0.05) is 19.1 Å². The largest absolute Gasteiger partial charge is 0.312 e. The van der Waals surface area contributed by atoms with E-state index in [4.69, 9.17) is 11.0 Å². The first kappa shape index (κ1) is 13.0. The molecule has 1 fully saturated rings. The molecule has 2 N–H and O–H groups in total. The molecule has 0 saturated heterocycles. The lowest BCUT2D eigenvalue weighted by Crippen LogP contribution is -2.29. The number of rotatable bonds is 3. The Morgan fingerprint density at radius 3 is 2.44 bits per heavy atom. The summed E-state index contributed by atoms with van der Waals surface area (Å²) in [6.45, 7) is 1.52. The van der Waals surface area contributed by atoms with Gasteiger partial charge in [-0.2, -0.15) is 5.26 Å². The Morgan fingerprint density at radius 1 is 1.44 bits per heavy atom. The molecule has 0 aliphatic heterocycles. The predicted octanol–water partition coefficient (Wildman–Crippen LogP) is 0.947. The minimum Gasteiger partial charge on any atom is -0.312 e. The summed E-state index contributed by atoms with van der Waals surface area (Å²) in [4.78, 5) is 0. The monoisotopic (exact) mass is 268 g/mol. The maximum absolute atomic E-state index is 12.8. The van der Waals surface area contributed by atoms with E-state index < -0.39 is 32.4 Å². The van der Waals surface area contributed by atoms with Crippen LogP contribution >= 0.6 is 0 Å². The highest BCUT2D eigenvalue weighted by Crippen LogP contribution is 2.53. The van der Waals surface area contributed by atoms with Crippen molar-refractivity contribution < 1.29 is 12.8 Å². The zero-order valence-corrected chi connectivity index (χ0v) is 10.6. The summed E-state index contributed by atoms with van der Waals surface area (Å²) >= 11 is 0. The molecule has 0 heterocycles. The molecule has 1 aliphatic rings. The van der Waals surface area contributed by atoms with Gasteiger partial charge in [0.2, 0.25) is 0 Å². The molecule has 0 aromatic heterocycles. The lowest BCUT2D eigenvalue weighted by Gasteiger charge is -2.00. The Labute approximate surface area is 105 Å². The molecule has 6 heteroatoms. The maximum atomic E-state index is 12.8. The van der Waals surface area contributed by atoms with Gasteiger partial charge in [0.25, 0.3) is 0 Å². The van der Waals surface area contributed by atoms with Crippen molar-refractivity contribution in [3.63, 3.8) is 0 Å². The van der Waals surface area contributed by atoms with Crippen LogP contribution in [-0.4, -0.2) is 25.0 Å². The van der Waals surface area contributed by atoms with Crippen LogP contribution in [0, 0.1) is 17.1 Å². The standard InChI is InChI=1S/C12H13FN2O2S/c1-2-18(16,17)11-10(12(11,15)7-14)8-3-5-9(13)6-4-8/h3-6,10-11H,2,15H2,1H3/t10-,11-,12-/m1/s1. The zero-order valence-electron chi connectivity index (χ0n) is 9.80. The first-order valence-corrected chi connectivity index (χ1v) is 7.25. The van der Waals surface area contributed by atoms with Crippen molar-refractivity contribution in [2.24, 2.45) is 5.73 Å². The first-order valence-electron chi connectivity index (χ1n) is 5.54. The highest BCUT2D eigenvalue weighted by Gasteiger charge is 2.69. The minimum absolute atomic E-state index is 0.0595. The van der Waals surface area contributed by atoms with Gasteiger partial charge in [-0.25, -0.2) is 12.8 Å². The highest BCUT2D eigenvalue weighted by atomic mass is 32.2. The van der Waals surface area contributed by atoms with Crippen molar-refractivity contribution in [3.05, 3.63) is 35.6 Å². The molecule has 96 valence electrons. The Morgan fingerprint density at radius 2 is 2.00 bits per heavy atom. The number of sulfone groups is 1. The summed E-state index contributed by atoms with van der Waals surface area (Å²) in [5, 5.41) is 8.17. The molecule has 2 rings (SSSR count). The van der Waals surface area contributed by atoms with Gasteiger partial charge in [-0.05, 0) is 17.7 Å². The number of nitrogens with two attached hydrogens (primary N) is 1. The van der Waals surface area contributed by atoms with Crippen molar-refractivity contribution in [1.29, 1.82) is 5.26 Å². The SMILES string of the molecule is CCS(=O)(=O)[C@@H]1[C@@H](c2ccc(F)cc2)[C@]1(N)C#N. The van der Waals surface area contributed by atoms with E-state index in [-0.39, 0.29) is 5.75 Å². The van der Waals surface area contributed by atoms with Crippen LogP contribution in [0.1, 0.15) is 18.4 Å². The number of hydrogen-bond donors (Lipinski definition) is 1. The van der Waals surface area contributed by atoms with E-state index in [0.29, 0.717) is 5.56 Å². The molecule has 0 bridgehead atoms. The van der Waals surface area contributed by atoms with Gasteiger partial charge < -0.3 is 5.73 Å². The second-order valence-electron chi connectivity index (χ2n) is 4.45. The first-order chi connectivity index (χ1) is 8.36. The molecular formula is C12H13FN2O2S. The van der Waals surface area contributed by atoms with Gasteiger partial charge in [0.1, 0.15) is 16.6 Å². The van der Waals surface area contributed by atoms with Crippen LogP contribution < -0.4 is 5.73 Å². The molecule has 18 heavy (non-hydrogen) atoms. The topological polar surface area (TPSA) is 83.9 Å². The summed E-state index contributed by atoms with van der Waals surface area (Å²) in [5.74, 6) is -1.04. The Kier molecular flexibility index (Phi) is 2.92. The van der Waals surface area contributed by atoms with Crippen LogP contribution in [0.4, 0.5) is 4.39 Å². The summed E-state index contributed by atoms with van der Waals surface area (Å²) in [7, 11) is -3.39. The molecule has 3 atom stereocenters. The van der Waals surface area contributed by atoms with Crippen molar-refractivity contribution >= 4 is 9.84 Å². The smallest absolute Gasteiger partial charge is 0.156 e. The normalized spacial score (nSPS) is 30.8. The molecule has 0 unspecified atom stereocenters. The van der Waals surface area contributed by atoms with E-state index in [9.17, 15) is 12.8 Å². The molecule has 0 radical (unpaired) electrons. The van der Waals surface area contributed by atoms with E-state index in [0.717, 1.165) is 0 Å². The minimum atomic E-state index is -3.39. The van der Waals surface area contributed by atoms with Crippen molar-refractivity contribution in [1.82, 2.24) is 0 Å². The molecule has 1 saturated carbocycles. The number of nitrogens with zero attached hydrogens (tertiary/aromatic N) is 1. The number of benzene rings is 1. The quantitative estimate of drug-likeness (QED) is 0.884. The molecule has 1 aliphatic carbocycles. The zero-order chi connectivity index (χ0) is 13.6. The van der Waals surface area contributed by atoms with Crippen LogP contribution in [0.15, 0.2) is 24.3 Å². The fourth-order valence-corrected chi connectivity index (χ4v) is 4.18. The summed E-state index contributed by atoms with van der Waals surface area (Å²) < 4.78 is 36.6. The Bertz CT molecular complexity index is 606. The second kappa shape index (κ2) is 4.04. The fraction of sp³-hybridized carbons (Fsp3) is 0.417. The van der Waals surface area contributed by atoms with Gasteiger partial charge in [-0.15, -0.1) is 0 Å². The van der Waals surface area contributed by atoms with E-state index >= 15 is 0 Å². The molecule has 1 aromatic carbocycles. The van der Waals surface area contributed by atoms with Gasteiger partial charge >= 0.3 is 0 Å². The lowest BCUT2D eigenvalue weighted by molar-refractivity contribution is 0.593. The van der Waals surface area contributed by atoms with Gasteiger partial charge in [0.05, 0.1) is 6.07 Å². The third kappa shape index (κ3) is 1.80. The third-order valence-electron chi connectivity index (χ3n) is 3.39. The van der Waals surface area contributed by atoms with Crippen molar-refractivity contribution in [2.45, 2.75) is 23.6 Å². The van der Waals surface area contributed by atoms with Crippen LogP contribution in [0.25, 0.3) is 0 Å². The summed E-state index contributed by atoms with van der Waals surface area (Å²) in [6.07, 6.45) is 0. The van der Waals surface area contributed by atoms with Crippen molar-refractivity contribution in [3.8, 4) is 6.07 Å². The van der Waals surface area contributed by atoms with Crippen LogP contribution in [0.2, 0.25) is 0 Å². The molecule has 1 aromatic rings. The van der Waals surface area contributed by atoms with Gasteiger partial charge in [0, 0.05) is 11.7 Å². The molecule has 0 spiro atoms. The fourth-order valence-electron chi connectivity index (χ4n) is 2.31. The molecule has 0 amide bonds.